The average molecular weight is 558 g/mol. The van der Waals surface area contributed by atoms with E-state index in [1.165, 1.54) is 43.1 Å². The number of hydrogen-bond donors (Lipinski definition) is 1. The van der Waals surface area contributed by atoms with Crippen molar-refractivity contribution in [2.45, 2.75) is 30.6 Å². The molecule has 0 bridgehead atoms. The Kier molecular flexibility index (Phi) is 8.19. The number of aromatic nitrogens is 3. The van der Waals surface area contributed by atoms with Crippen LogP contribution in [0.15, 0.2) is 71.9 Å². The maximum absolute atomic E-state index is 13.1. The van der Waals surface area contributed by atoms with Crippen molar-refractivity contribution in [2.24, 2.45) is 0 Å². The number of carbonyl (C=O) groups excluding carboxylic acids is 1. The van der Waals surface area contributed by atoms with Crippen molar-refractivity contribution in [1.29, 1.82) is 0 Å². The molecule has 0 saturated carbocycles. The van der Waals surface area contributed by atoms with E-state index in [2.05, 4.69) is 15.5 Å². The Labute approximate surface area is 225 Å². The van der Waals surface area contributed by atoms with Crippen LogP contribution in [0.2, 0.25) is 0 Å². The molecule has 0 saturated heterocycles. The van der Waals surface area contributed by atoms with E-state index in [9.17, 15) is 28.1 Å². The molecule has 9 nitrogen and oxygen atoms in total. The molecule has 0 aliphatic heterocycles. The summed E-state index contributed by atoms with van der Waals surface area (Å²) in [6.45, 7) is 1.49. The highest BCUT2D eigenvalue weighted by Crippen LogP contribution is 2.33. The van der Waals surface area contributed by atoms with Crippen LogP contribution in [0.3, 0.4) is 0 Å². The Morgan fingerprint density at radius 3 is 2.59 bits per heavy atom. The van der Waals surface area contributed by atoms with Crippen LogP contribution in [0.1, 0.15) is 32.9 Å². The lowest BCUT2D eigenvalue weighted by atomic mass is 10.1. The molecule has 1 N–H and O–H groups in total. The summed E-state index contributed by atoms with van der Waals surface area (Å²) in [7, 11) is 1.49. The molecule has 0 aliphatic carbocycles. The first-order chi connectivity index (χ1) is 18.6. The highest BCUT2D eigenvalue weighted by atomic mass is 32.2. The summed E-state index contributed by atoms with van der Waals surface area (Å²) in [4.78, 5) is 23.5. The summed E-state index contributed by atoms with van der Waals surface area (Å²) in [6, 6.07) is 16.2. The minimum Gasteiger partial charge on any atom is -0.495 e. The van der Waals surface area contributed by atoms with Gasteiger partial charge in [-0.1, -0.05) is 48.2 Å². The van der Waals surface area contributed by atoms with Gasteiger partial charge < -0.3 is 10.1 Å². The Morgan fingerprint density at radius 1 is 1.10 bits per heavy atom. The summed E-state index contributed by atoms with van der Waals surface area (Å²) >= 11 is 1.17. The zero-order valence-corrected chi connectivity index (χ0v) is 21.5. The molecule has 1 aromatic heterocycles. The van der Waals surface area contributed by atoms with Crippen molar-refractivity contribution in [1.82, 2.24) is 20.1 Å². The number of nitro benzene ring substituents is 1. The van der Waals surface area contributed by atoms with Gasteiger partial charge in [-0.25, -0.2) is 0 Å². The average Bonchev–Trinajstić information content (AvgIpc) is 3.32. The van der Waals surface area contributed by atoms with Crippen molar-refractivity contribution < 1.29 is 27.6 Å². The van der Waals surface area contributed by atoms with Gasteiger partial charge >= 0.3 is 6.18 Å². The minimum atomic E-state index is -4.46. The van der Waals surface area contributed by atoms with E-state index < -0.39 is 22.6 Å². The summed E-state index contributed by atoms with van der Waals surface area (Å²) in [6.07, 6.45) is -4.46. The third-order valence-corrected chi connectivity index (χ3v) is 6.72. The van der Waals surface area contributed by atoms with E-state index in [4.69, 9.17) is 4.74 Å². The van der Waals surface area contributed by atoms with Gasteiger partial charge in [0, 0.05) is 22.9 Å². The number of benzene rings is 3. The maximum atomic E-state index is 13.1. The van der Waals surface area contributed by atoms with Crippen LogP contribution in [0.25, 0.3) is 5.69 Å². The number of alkyl halides is 3. The molecule has 4 aromatic rings. The fourth-order valence-corrected chi connectivity index (χ4v) is 4.67. The first kappa shape index (κ1) is 27.6. The summed E-state index contributed by atoms with van der Waals surface area (Å²) < 4.78 is 46.5. The van der Waals surface area contributed by atoms with Crippen LogP contribution in [0, 0.1) is 17.0 Å². The van der Waals surface area contributed by atoms with Gasteiger partial charge in [-0.05, 0) is 36.8 Å². The molecule has 13 heteroatoms. The number of hydrogen-bond acceptors (Lipinski definition) is 7. The second-order valence-electron chi connectivity index (χ2n) is 8.33. The van der Waals surface area contributed by atoms with E-state index >= 15 is 0 Å². The van der Waals surface area contributed by atoms with Crippen molar-refractivity contribution in [3.05, 3.63) is 105 Å². The third-order valence-electron chi connectivity index (χ3n) is 5.72. The van der Waals surface area contributed by atoms with Gasteiger partial charge in [0.2, 0.25) is 0 Å². The molecule has 0 atom stereocenters. The zero-order valence-electron chi connectivity index (χ0n) is 20.7. The van der Waals surface area contributed by atoms with E-state index in [1.54, 1.807) is 41.8 Å². The standard InChI is InChI=1S/C26H22F3N5O4S/c1-16-10-11-18(13-21(16)34(36)37)24(35)30-14-23-31-32-25(33(23)20-8-3-4-9-22(20)38-2)39-15-17-6-5-7-19(12-17)26(27,28)29/h3-13H,14-15H2,1-2H3,(H,30,35). The maximum Gasteiger partial charge on any atom is 0.416 e. The van der Waals surface area contributed by atoms with Gasteiger partial charge in [0.25, 0.3) is 11.6 Å². The van der Waals surface area contributed by atoms with Crippen molar-refractivity contribution in [2.75, 3.05) is 7.11 Å². The highest BCUT2D eigenvalue weighted by molar-refractivity contribution is 7.98. The van der Waals surface area contributed by atoms with Gasteiger partial charge in [-0.15, -0.1) is 10.2 Å². The van der Waals surface area contributed by atoms with Crippen LogP contribution < -0.4 is 10.1 Å². The van der Waals surface area contributed by atoms with Gasteiger partial charge in [-0.2, -0.15) is 13.2 Å². The molecule has 1 heterocycles. The molecule has 0 aliphatic rings. The lowest BCUT2D eigenvalue weighted by Gasteiger charge is -2.14. The lowest BCUT2D eigenvalue weighted by molar-refractivity contribution is -0.385. The van der Waals surface area contributed by atoms with Crippen molar-refractivity contribution in [3.63, 3.8) is 0 Å². The highest BCUT2D eigenvalue weighted by Gasteiger charge is 2.30. The van der Waals surface area contributed by atoms with Crippen molar-refractivity contribution >= 4 is 23.4 Å². The van der Waals surface area contributed by atoms with Crippen LogP contribution >= 0.6 is 11.8 Å². The SMILES string of the molecule is COc1ccccc1-n1c(CNC(=O)c2ccc(C)c([N+](=O)[O-])c2)nnc1SCc1cccc(C(F)(F)F)c1. The number of nitrogens with zero attached hydrogens (tertiary/aromatic N) is 4. The fourth-order valence-electron chi connectivity index (χ4n) is 3.76. The Balaban J connectivity index is 1.61. The third kappa shape index (κ3) is 6.37. The summed E-state index contributed by atoms with van der Waals surface area (Å²) in [5, 5.41) is 22.7. The van der Waals surface area contributed by atoms with Crippen LogP contribution in [-0.2, 0) is 18.5 Å². The quantitative estimate of drug-likeness (QED) is 0.159. The lowest BCUT2D eigenvalue weighted by Crippen LogP contribution is -2.25. The number of methoxy groups -OCH3 is 1. The molecular formula is C26H22F3N5O4S. The minimum absolute atomic E-state index is 0.0876. The molecular weight excluding hydrogens is 535 g/mol. The van der Waals surface area contributed by atoms with Crippen molar-refractivity contribution in [3.8, 4) is 11.4 Å². The molecule has 0 unspecified atom stereocenters. The number of amides is 1. The van der Waals surface area contributed by atoms with Crippen LogP contribution in [-0.4, -0.2) is 32.7 Å². The second kappa shape index (κ2) is 11.6. The molecule has 3 aromatic carbocycles. The smallest absolute Gasteiger partial charge is 0.416 e. The normalized spacial score (nSPS) is 11.3. The summed E-state index contributed by atoms with van der Waals surface area (Å²) in [5.41, 5.74) is 0.622. The van der Waals surface area contributed by atoms with E-state index in [1.807, 2.05) is 0 Å². The molecule has 0 fully saturated rings. The largest absolute Gasteiger partial charge is 0.495 e. The van der Waals surface area contributed by atoms with Gasteiger partial charge in [0.05, 0.1) is 29.8 Å². The summed E-state index contributed by atoms with van der Waals surface area (Å²) in [5.74, 6) is 0.433. The predicted molar refractivity (Wildman–Crippen MR) is 138 cm³/mol. The van der Waals surface area contributed by atoms with Gasteiger partial charge in [0.1, 0.15) is 5.75 Å². The molecule has 0 radical (unpaired) electrons. The molecule has 202 valence electrons. The van der Waals surface area contributed by atoms with E-state index in [-0.39, 0.29) is 23.5 Å². The Hall–Kier alpha value is -4.39. The van der Waals surface area contributed by atoms with Crippen LogP contribution in [0.5, 0.6) is 5.75 Å². The number of carbonyl (C=O) groups is 1. The van der Waals surface area contributed by atoms with E-state index in [0.717, 1.165) is 12.1 Å². The number of halogens is 3. The topological polar surface area (TPSA) is 112 Å². The first-order valence-corrected chi connectivity index (χ1v) is 12.5. The second-order valence-corrected chi connectivity index (χ2v) is 9.28. The number of aryl methyl sites for hydroxylation is 1. The first-order valence-electron chi connectivity index (χ1n) is 11.5. The fraction of sp³-hybridized carbons (Fsp3) is 0.192. The van der Waals surface area contributed by atoms with E-state index in [0.29, 0.717) is 33.5 Å². The van der Waals surface area contributed by atoms with Gasteiger partial charge in [0.15, 0.2) is 11.0 Å². The number of nitro groups is 1. The molecule has 4 rings (SSSR count). The molecule has 39 heavy (non-hydrogen) atoms. The number of thioether (sulfide) groups is 1. The number of rotatable bonds is 9. The predicted octanol–water partition coefficient (Wildman–Crippen LogP) is 5.73. The number of para-hydroxylation sites is 2. The Bertz CT molecular complexity index is 1520. The Morgan fingerprint density at radius 2 is 1.87 bits per heavy atom. The zero-order chi connectivity index (χ0) is 28.2. The number of ether oxygens (including phenoxy) is 1. The van der Waals surface area contributed by atoms with Crippen LogP contribution in [0.4, 0.5) is 18.9 Å². The molecule has 0 spiro atoms. The molecule has 1 amide bonds. The van der Waals surface area contributed by atoms with Gasteiger partial charge in [-0.3, -0.25) is 19.5 Å². The monoisotopic (exact) mass is 557 g/mol. The number of nitrogens with one attached hydrogen (secondary N) is 1.